The predicted octanol–water partition coefficient (Wildman–Crippen LogP) is 1.48. The maximum atomic E-state index is 12.1. The molecule has 2 aromatic rings. The van der Waals surface area contributed by atoms with Gasteiger partial charge in [-0.1, -0.05) is 12.1 Å². The number of nitrogens with zero attached hydrogens (tertiary/aromatic N) is 3. The number of benzene rings is 1. The van der Waals surface area contributed by atoms with Crippen LogP contribution in [-0.4, -0.2) is 66.6 Å². The molecule has 0 bridgehead atoms. The number of carbonyl (C=O) groups is 1. The first-order valence-electron chi connectivity index (χ1n) is 8.38. The van der Waals surface area contributed by atoms with Gasteiger partial charge in [-0.05, 0) is 19.1 Å². The van der Waals surface area contributed by atoms with E-state index in [1.807, 2.05) is 31.2 Å². The van der Waals surface area contributed by atoms with Gasteiger partial charge < -0.3 is 10.5 Å². The van der Waals surface area contributed by atoms with Gasteiger partial charge in [0.05, 0.1) is 16.8 Å². The number of fused-ring (bicyclic) bond motifs is 1. The van der Waals surface area contributed by atoms with Crippen LogP contribution in [0.3, 0.4) is 0 Å². The van der Waals surface area contributed by atoms with E-state index in [0.717, 1.165) is 61.2 Å². The highest BCUT2D eigenvalue weighted by Gasteiger charge is 2.31. The summed E-state index contributed by atoms with van der Waals surface area (Å²) in [6.07, 6.45) is 0. The Morgan fingerprint density at radius 2 is 2.08 bits per heavy atom. The Morgan fingerprint density at radius 1 is 1.33 bits per heavy atom. The third-order valence-electron chi connectivity index (χ3n) is 4.34. The van der Waals surface area contributed by atoms with Gasteiger partial charge in [0, 0.05) is 39.3 Å². The van der Waals surface area contributed by atoms with Gasteiger partial charge in [0.25, 0.3) is 0 Å². The van der Waals surface area contributed by atoms with Crippen molar-refractivity contribution in [3.63, 3.8) is 0 Å². The van der Waals surface area contributed by atoms with Crippen molar-refractivity contribution in [2.75, 3.05) is 45.9 Å². The van der Waals surface area contributed by atoms with Crippen LogP contribution in [0.15, 0.2) is 24.3 Å². The molecule has 6 nitrogen and oxygen atoms in total. The summed E-state index contributed by atoms with van der Waals surface area (Å²) in [5, 5.41) is 0.798. The minimum Gasteiger partial charge on any atom is -0.380 e. The predicted molar refractivity (Wildman–Crippen MR) is 96.1 cm³/mol. The number of hydrogen-bond donors (Lipinski definition) is 1. The van der Waals surface area contributed by atoms with Crippen molar-refractivity contribution in [3.8, 4) is 0 Å². The van der Waals surface area contributed by atoms with Crippen LogP contribution in [0.5, 0.6) is 0 Å². The second-order valence-electron chi connectivity index (χ2n) is 5.90. The molecule has 1 aliphatic heterocycles. The van der Waals surface area contributed by atoms with E-state index in [-0.39, 0.29) is 5.91 Å². The van der Waals surface area contributed by atoms with E-state index in [2.05, 4.69) is 14.8 Å². The SMILES string of the molecule is CCOCCN1CCN(C(C(N)=O)c2nc3ccccc3s2)CC1. The van der Waals surface area contributed by atoms with Crippen molar-refractivity contribution < 1.29 is 9.53 Å². The molecule has 1 atom stereocenters. The summed E-state index contributed by atoms with van der Waals surface area (Å²) in [4.78, 5) is 21.2. The van der Waals surface area contributed by atoms with Gasteiger partial charge in [-0.15, -0.1) is 11.3 Å². The first-order valence-corrected chi connectivity index (χ1v) is 9.19. The summed E-state index contributed by atoms with van der Waals surface area (Å²) in [7, 11) is 0. The average Bonchev–Trinajstić information content (AvgIpc) is 2.99. The number of piperazine rings is 1. The monoisotopic (exact) mass is 348 g/mol. The Kier molecular flexibility index (Phi) is 5.78. The number of para-hydroxylation sites is 1. The third-order valence-corrected chi connectivity index (χ3v) is 5.43. The van der Waals surface area contributed by atoms with E-state index in [0.29, 0.717) is 0 Å². The van der Waals surface area contributed by atoms with E-state index in [9.17, 15) is 4.79 Å². The highest BCUT2D eigenvalue weighted by atomic mass is 32.1. The number of primary amides is 1. The Labute approximate surface area is 146 Å². The van der Waals surface area contributed by atoms with E-state index in [1.165, 1.54) is 0 Å². The van der Waals surface area contributed by atoms with Crippen LogP contribution in [0.25, 0.3) is 10.2 Å². The Hall–Kier alpha value is -1.54. The molecule has 24 heavy (non-hydrogen) atoms. The van der Waals surface area contributed by atoms with Crippen molar-refractivity contribution >= 4 is 27.5 Å². The van der Waals surface area contributed by atoms with E-state index in [1.54, 1.807) is 11.3 Å². The molecular formula is C17H24N4O2S. The lowest BCUT2D eigenvalue weighted by molar-refractivity contribution is -0.124. The molecule has 130 valence electrons. The zero-order chi connectivity index (χ0) is 16.9. The summed E-state index contributed by atoms with van der Waals surface area (Å²) >= 11 is 1.56. The number of nitrogens with two attached hydrogens (primary N) is 1. The molecule has 0 spiro atoms. The van der Waals surface area contributed by atoms with Gasteiger partial charge in [-0.25, -0.2) is 4.98 Å². The van der Waals surface area contributed by atoms with Gasteiger partial charge in [-0.2, -0.15) is 0 Å². The molecular weight excluding hydrogens is 324 g/mol. The molecule has 0 radical (unpaired) electrons. The molecule has 1 unspecified atom stereocenters. The normalized spacial score (nSPS) is 18.0. The zero-order valence-corrected chi connectivity index (χ0v) is 14.8. The molecule has 1 aliphatic rings. The Morgan fingerprint density at radius 3 is 2.75 bits per heavy atom. The van der Waals surface area contributed by atoms with Gasteiger partial charge in [0.2, 0.25) is 5.91 Å². The summed E-state index contributed by atoms with van der Waals surface area (Å²) in [5.41, 5.74) is 6.64. The second kappa shape index (κ2) is 8.02. The van der Waals surface area contributed by atoms with Crippen molar-refractivity contribution in [2.24, 2.45) is 5.73 Å². The van der Waals surface area contributed by atoms with E-state index in [4.69, 9.17) is 10.5 Å². The van der Waals surface area contributed by atoms with Gasteiger partial charge in [0.1, 0.15) is 11.0 Å². The molecule has 1 saturated heterocycles. The fourth-order valence-electron chi connectivity index (χ4n) is 3.05. The number of carbonyl (C=O) groups excluding carboxylic acids is 1. The molecule has 2 N–H and O–H groups in total. The van der Waals surface area contributed by atoms with Gasteiger partial charge >= 0.3 is 0 Å². The van der Waals surface area contributed by atoms with E-state index >= 15 is 0 Å². The van der Waals surface area contributed by atoms with Crippen LogP contribution in [0, 0.1) is 0 Å². The Balaban J connectivity index is 1.67. The van der Waals surface area contributed by atoms with Crippen molar-refractivity contribution in [1.82, 2.24) is 14.8 Å². The lowest BCUT2D eigenvalue weighted by Gasteiger charge is -2.37. The molecule has 1 fully saturated rings. The van der Waals surface area contributed by atoms with Crippen LogP contribution in [0.2, 0.25) is 0 Å². The third kappa shape index (κ3) is 3.92. The lowest BCUT2D eigenvalue weighted by atomic mass is 10.2. The van der Waals surface area contributed by atoms with Crippen LogP contribution < -0.4 is 5.73 Å². The average molecular weight is 348 g/mol. The first-order chi connectivity index (χ1) is 11.7. The minimum absolute atomic E-state index is 0.322. The first kappa shape index (κ1) is 17.3. The van der Waals surface area contributed by atoms with Crippen LogP contribution in [-0.2, 0) is 9.53 Å². The molecule has 1 amide bonds. The Bertz CT molecular complexity index is 649. The molecule has 1 aromatic carbocycles. The molecule has 0 saturated carbocycles. The molecule has 3 rings (SSSR count). The smallest absolute Gasteiger partial charge is 0.241 e. The second-order valence-corrected chi connectivity index (χ2v) is 6.96. The molecule has 0 aliphatic carbocycles. The standard InChI is InChI=1S/C17H24N4O2S/c1-2-23-12-11-20-7-9-21(10-8-20)15(16(18)22)17-19-13-5-3-4-6-14(13)24-17/h3-6,15H,2,7-12H2,1H3,(H2,18,22). The number of aromatic nitrogens is 1. The van der Waals surface area contributed by atoms with Crippen molar-refractivity contribution in [3.05, 3.63) is 29.3 Å². The number of thiazole rings is 1. The summed E-state index contributed by atoms with van der Waals surface area (Å²) in [6, 6.07) is 7.51. The van der Waals surface area contributed by atoms with Gasteiger partial charge in [0.15, 0.2) is 0 Å². The zero-order valence-electron chi connectivity index (χ0n) is 14.0. The maximum absolute atomic E-state index is 12.1. The van der Waals surface area contributed by atoms with Crippen molar-refractivity contribution in [1.29, 1.82) is 0 Å². The largest absolute Gasteiger partial charge is 0.380 e. The minimum atomic E-state index is -0.434. The number of ether oxygens (including phenoxy) is 1. The molecule has 7 heteroatoms. The molecule has 1 aromatic heterocycles. The highest BCUT2D eigenvalue weighted by Crippen LogP contribution is 2.30. The topological polar surface area (TPSA) is 71.7 Å². The number of amides is 1. The van der Waals surface area contributed by atoms with Crippen LogP contribution in [0.4, 0.5) is 0 Å². The summed E-state index contributed by atoms with van der Waals surface area (Å²) in [6.45, 7) is 7.92. The van der Waals surface area contributed by atoms with Gasteiger partial charge in [-0.3, -0.25) is 14.6 Å². The molecule has 2 heterocycles. The summed E-state index contributed by atoms with van der Waals surface area (Å²) in [5.74, 6) is -0.322. The fraction of sp³-hybridized carbons (Fsp3) is 0.529. The number of hydrogen-bond acceptors (Lipinski definition) is 6. The lowest BCUT2D eigenvalue weighted by Crippen LogP contribution is -2.50. The van der Waals surface area contributed by atoms with Crippen LogP contribution >= 0.6 is 11.3 Å². The number of rotatable bonds is 7. The highest BCUT2D eigenvalue weighted by molar-refractivity contribution is 7.18. The fourth-order valence-corrected chi connectivity index (χ4v) is 4.16. The summed E-state index contributed by atoms with van der Waals surface area (Å²) < 4.78 is 6.51. The van der Waals surface area contributed by atoms with Crippen LogP contribution in [0.1, 0.15) is 18.0 Å². The maximum Gasteiger partial charge on any atom is 0.241 e. The quantitative estimate of drug-likeness (QED) is 0.768. The van der Waals surface area contributed by atoms with E-state index < -0.39 is 6.04 Å². The van der Waals surface area contributed by atoms with Crippen molar-refractivity contribution in [2.45, 2.75) is 13.0 Å².